The van der Waals surface area contributed by atoms with Gasteiger partial charge in [-0.25, -0.2) is 8.78 Å². The summed E-state index contributed by atoms with van der Waals surface area (Å²) in [7, 11) is 0. The van der Waals surface area contributed by atoms with Crippen molar-refractivity contribution in [2.45, 2.75) is 38.4 Å². The van der Waals surface area contributed by atoms with Crippen LogP contribution in [0.1, 0.15) is 41.9 Å². The van der Waals surface area contributed by atoms with Crippen LogP contribution in [0.25, 0.3) is 11.3 Å². The molecule has 2 atom stereocenters. The molecule has 8 heteroatoms. The molecule has 1 amide bonds. The van der Waals surface area contributed by atoms with E-state index in [1.54, 1.807) is 19.1 Å². The van der Waals surface area contributed by atoms with Crippen molar-refractivity contribution in [1.29, 1.82) is 0 Å². The van der Waals surface area contributed by atoms with E-state index in [9.17, 15) is 13.6 Å². The molecule has 2 N–H and O–H groups in total. The minimum absolute atomic E-state index is 0.0915. The molecule has 0 bridgehead atoms. The zero-order valence-corrected chi connectivity index (χ0v) is 17.3. The third-order valence-corrected chi connectivity index (χ3v) is 5.51. The second-order valence-corrected chi connectivity index (χ2v) is 8.05. The Morgan fingerprint density at radius 1 is 1.16 bits per heavy atom. The van der Waals surface area contributed by atoms with Gasteiger partial charge in [-0.1, -0.05) is 19.1 Å². The molecule has 1 aromatic carbocycles. The first kappa shape index (κ1) is 20.8. The minimum Gasteiger partial charge on any atom is -0.368 e. The second kappa shape index (κ2) is 8.37. The Hall–Kier alpha value is -3.42. The molecule has 0 saturated carbocycles. The van der Waals surface area contributed by atoms with Gasteiger partial charge in [0.1, 0.15) is 11.6 Å². The highest BCUT2D eigenvalue weighted by atomic mass is 19.1. The zero-order valence-electron chi connectivity index (χ0n) is 17.3. The molecule has 0 saturated heterocycles. The molecule has 0 unspecified atom stereocenters. The van der Waals surface area contributed by atoms with Crippen LogP contribution in [0.15, 0.2) is 48.7 Å². The van der Waals surface area contributed by atoms with Gasteiger partial charge in [-0.15, -0.1) is 10.2 Å². The van der Waals surface area contributed by atoms with Crippen LogP contribution in [-0.2, 0) is 12.0 Å². The number of nitrogens with one attached hydrogen (secondary N) is 2. The Labute approximate surface area is 179 Å². The molecule has 0 spiro atoms. The summed E-state index contributed by atoms with van der Waals surface area (Å²) in [4.78, 5) is 16.0. The fourth-order valence-electron chi connectivity index (χ4n) is 4.05. The van der Waals surface area contributed by atoms with Crippen molar-refractivity contribution in [1.82, 2.24) is 20.5 Å². The molecule has 1 aliphatic rings. The van der Waals surface area contributed by atoms with Crippen molar-refractivity contribution >= 4 is 11.7 Å². The van der Waals surface area contributed by atoms with E-state index in [0.29, 0.717) is 23.6 Å². The lowest BCUT2D eigenvalue weighted by Crippen LogP contribution is -2.35. The topological polar surface area (TPSA) is 79.8 Å². The zero-order chi connectivity index (χ0) is 22.0. The van der Waals surface area contributed by atoms with E-state index in [-0.39, 0.29) is 24.6 Å². The van der Waals surface area contributed by atoms with Gasteiger partial charge in [0.25, 0.3) is 5.91 Å². The summed E-state index contributed by atoms with van der Waals surface area (Å²) in [6, 6.07) is 11.9. The third-order valence-electron chi connectivity index (χ3n) is 5.51. The van der Waals surface area contributed by atoms with Gasteiger partial charge in [0.2, 0.25) is 0 Å². The molecular formula is C23H23F2N5O. The number of alkyl halides is 1. The number of benzene rings is 1. The van der Waals surface area contributed by atoms with E-state index in [2.05, 4.69) is 25.8 Å². The lowest BCUT2D eigenvalue weighted by atomic mass is 9.81. The molecule has 3 heterocycles. The molecule has 6 nitrogen and oxygen atoms in total. The summed E-state index contributed by atoms with van der Waals surface area (Å²) < 4.78 is 28.3. The van der Waals surface area contributed by atoms with Crippen LogP contribution >= 0.6 is 0 Å². The minimum atomic E-state index is -1.13. The fourth-order valence-corrected chi connectivity index (χ4v) is 4.05. The first-order valence-electron chi connectivity index (χ1n) is 10.1. The van der Waals surface area contributed by atoms with E-state index in [1.165, 1.54) is 25.3 Å². The third kappa shape index (κ3) is 4.23. The van der Waals surface area contributed by atoms with Crippen molar-refractivity contribution in [3.8, 4) is 11.3 Å². The Balaban J connectivity index is 1.54. The standard InChI is InChI=1S/C23H23F2N5O/c1-14(24)11-23(2,21-18(25)7-4-10-26-21)13-28-20-9-8-19(29-30-20)15-5-3-6-16-17(15)12-27-22(16)31/h3-10,14H,11-13H2,1-2H3,(H,27,31)(H,28,30)/t14-,23-/m0/s1. The highest BCUT2D eigenvalue weighted by molar-refractivity contribution is 6.00. The Morgan fingerprint density at radius 3 is 2.68 bits per heavy atom. The van der Waals surface area contributed by atoms with Crippen molar-refractivity contribution in [2.24, 2.45) is 0 Å². The lowest BCUT2D eigenvalue weighted by molar-refractivity contribution is 0.0965. The molecule has 31 heavy (non-hydrogen) atoms. The molecule has 3 aromatic rings. The predicted octanol–water partition coefficient (Wildman–Crippen LogP) is 4.04. The number of carbonyl (C=O) groups is 1. The van der Waals surface area contributed by atoms with Crippen molar-refractivity contribution in [3.05, 3.63) is 71.3 Å². The molecule has 2 aromatic heterocycles. The number of hydrogen-bond donors (Lipinski definition) is 2. The molecule has 1 aliphatic heterocycles. The van der Waals surface area contributed by atoms with Crippen LogP contribution in [0.2, 0.25) is 0 Å². The number of aromatic nitrogens is 3. The molecule has 160 valence electrons. The lowest BCUT2D eigenvalue weighted by Gasteiger charge is -2.30. The van der Waals surface area contributed by atoms with Crippen LogP contribution in [0, 0.1) is 5.82 Å². The number of pyridine rings is 1. The SMILES string of the molecule is C[C@H](F)C[C@@](C)(CNc1ccc(-c2cccc3c2CNC3=O)nn1)c1ncccc1F. The molecule has 0 radical (unpaired) electrons. The number of hydrogen-bond acceptors (Lipinski definition) is 5. The summed E-state index contributed by atoms with van der Waals surface area (Å²) in [5.41, 5.74) is 2.39. The van der Waals surface area contributed by atoms with Crippen LogP contribution < -0.4 is 10.6 Å². The Bertz CT molecular complexity index is 1100. The number of nitrogens with zero attached hydrogens (tertiary/aromatic N) is 3. The molecule has 4 rings (SSSR count). The van der Waals surface area contributed by atoms with Gasteiger partial charge in [-0.3, -0.25) is 9.78 Å². The predicted molar refractivity (Wildman–Crippen MR) is 114 cm³/mol. The summed E-state index contributed by atoms with van der Waals surface area (Å²) in [6.45, 7) is 3.93. The van der Waals surface area contributed by atoms with E-state index < -0.39 is 17.4 Å². The summed E-state index contributed by atoms with van der Waals surface area (Å²) >= 11 is 0. The molecule has 0 fully saturated rings. The highest BCUT2D eigenvalue weighted by Gasteiger charge is 2.33. The normalized spacial score (nSPS) is 15.7. The second-order valence-electron chi connectivity index (χ2n) is 8.05. The van der Waals surface area contributed by atoms with Crippen molar-refractivity contribution in [3.63, 3.8) is 0 Å². The smallest absolute Gasteiger partial charge is 0.251 e. The number of fused-ring (bicyclic) bond motifs is 1. The molecule has 0 aliphatic carbocycles. The van der Waals surface area contributed by atoms with Crippen LogP contribution in [0.3, 0.4) is 0 Å². The first-order chi connectivity index (χ1) is 14.9. The van der Waals surface area contributed by atoms with Gasteiger partial charge in [0.05, 0.1) is 17.6 Å². The summed E-state index contributed by atoms with van der Waals surface area (Å²) in [6.07, 6.45) is 0.487. The van der Waals surface area contributed by atoms with Gasteiger partial charge in [0, 0.05) is 35.8 Å². The van der Waals surface area contributed by atoms with Gasteiger partial charge in [-0.2, -0.15) is 0 Å². The van der Waals surface area contributed by atoms with E-state index in [0.717, 1.165) is 11.1 Å². The van der Waals surface area contributed by atoms with Crippen molar-refractivity contribution in [2.75, 3.05) is 11.9 Å². The highest BCUT2D eigenvalue weighted by Crippen LogP contribution is 2.31. The fraction of sp³-hybridized carbons (Fsp3) is 0.304. The van der Waals surface area contributed by atoms with Crippen molar-refractivity contribution < 1.29 is 13.6 Å². The maximum absolute atomic E-state index is 14.4. The summed E-state index contributed by atoms with van der Waals surface area (Å²) in [5, 5.41) is 14.5. The maximum Gasteiger partial charge on any atom is 0.251 e. The summed E-state index contributed by atoms with van der Waals surface area (Å²) in [5.74, 6) is -0.0687. The van der Waals surface area contributed by atoms with Gasteiger partial charge < -0.3 is 10.6 Å². The Morgan fingerprint density at radius 2 is 1.97 bits per heavy atom. The number of carbonyl (C=O) groups excluding carboxylic acids is 1. The maximum atomic E-state index is 14.4. The Kier molecular flexibility index (Phi) is 5.63. The van der Waals surface area contributed by atoms with Crippen LogP contribution in [0.5, 0.6) is 0 Å². The number of halogens is 2. The first-order valence-corrected chi connectivity index (χ1v) is 10.1. The van der Waals surface area contributed by atoms with Gasteiger partial charge in [-0.05, 0) is 49.2 Å². The quantitative estimate of drug-likeness (QED) is 0.600. The van der Waals surface area contributed by atoms with E-state index in [4.69, 9.17) is 0 Å². The van der Waals surface area contributed by atoms with Crippen LogP contribution in [0.4, 0.5) is 14.6 Å². The largest absolute Gasteiger partial charge is 0.368 e. The van der Waals surface area contributed by atoms with E-state index in [1.807, 2.05) is 18.2 Å². The van der Waals surface area contributed by atoms with Crippen LogP contribution in [-0.4, -0.2) is 33.8 Å². The van der Waals surface area contributed by atoms with E-state index >= 15 is 0 Å². The number of amides is 1. The van der Waals surface area contributed by atoms with Gasteiger partial charge in [0.15, 0.2) is 0 Å². The van der Waals surface area contributed by atoms with Gasteiger partial charge >= 0.3 is 0 Å². The molecular weight excluding hydrogens is 400 g/mol. The monoisotopic (exact) mass is 423 g/mol. The average Bonchev–Trinajstić information content (AvgIpc) is 3.14. The number of anilines is 1. The number of rotatable bonds is 7. The average molecular weight is 423 g/mol.